The molecule has 274 valence electrons. The van der Waals surface area contributed by atoms with Gasteiger partial charge in [0.25, 0.3) is 0 Å². The molecule has 0 unspecified atom stereocenters. The Labute approximate surface area is 314 Å². The molecule has 0 spiro atoms. The lowest BCUT2D eigenvalue weighted by atomic mass is 9.99. The number of aliphatic hydroxyl groups excluding tert-OH is 1. The number of anilines is 2. The van der Waals surface area contributed by atoms with E-state index in [-0.39, 0.29) is 43.5 Å². The maximum atomic E-state index is 12.6. The summed E-state index contributed by atoms with van der Waals surface area (Å²) < 4.78 is 18.7. The number of amides is 2. The summed E-state index contributed by atoms with van der Waals surface area (Å²) in [4.78, 5) is 25.9. The molecule has 1 heterocycles. The zero-order valence-electron chi connectivity index (χ0n) is 29.7. The molecule has 0 bridgehead atoms. The Kier molecular flexibility index (Phi) is 13.2. The molecular formula is C43H45N3O6S. The Hall–Kier alpha value is -5.13. The second-order valence-electron chi connectivity index (χ2n) is 12.9. The quantitative estimate of drug-likeness (QED) is 0.0626. The van der Waals surface area contributed by atoms with Gasteiger partial charge >= 0.3 is 0 Å². The van der Waals surface area contributed by atoms with E-state index in [9.17, 15) is 14.7 Å². The van der Waals surface area contributed by atoms with Crippen LogP contribution in [-0.4, -0.2) is 35.9 Å². The molecule has 10 heteroatoms. The summed E-state index contributed by atoms with van der Waals surface area (Å²) in [6.07, 6.45) is 0.781. The fourth-order valence-electron chi connectivity index (χ4n) is 6.16. The lowest BCUT2D eigenvalue weighted by molar-refractivity contribution is -0.245. The van der Waals surface area contributed by atoms with E-state index in [1.807, 2.05) is 78.9 Å². The number of aliphatic hydroxyl groups is 1. The predicted octanol–water partition coefficient (Wildman–Crippen LogP) is 8.20. The van der Waals surface area contributed by atoms with Crippen molar-refractivity contribution >= 4 is 35.0 Å². The lowest BCUT2D eigenvalue weighted by Crippen LogP contribution is -2.31. The third-order valence-corrected chi connectivity index (χ3v) is 10.3. The van der Waals surface area contributed by atoms with Gasteiger partial charge < -0.3 is 35.7 Å². The average molecular weight is 732 g/mol. The van der Waals surface area contributed by atoms with Crippen molar-refractivity contribution in [3.8, 4) is 16.9 Å². The Morgan fingerprint density at radius 1 is 0.811 bits per heavy atom. The van der Waals surface area contributed by atoms with Crippen LogP contribution in [-0.2, 0) is 32.2 Å². The summed E-state index contributed by atoms with van der Waals surface area (Å²) in [5.41, 5.74) is 12.8. The number of carbonyl (C=O) groups excluding carboxylic acids is 2. The number of nitrogens with one attached hydrogen (secondary N) is 2. The molecule has 1 aliphatic rings. The number of para-hydroxylation sites is 3. The van der Waals surface area contributed by atoms with Crippen molar-refractivity contribution in [2.24, 2.45) is 0 Å². The highest BCUT2D eigenvalue weighted by atomic mass is 32.2. The third-order valence-electron chi connectivity index (χ3n) is 9.08. The first-order chi connectivity index (χ1) is 25.9. The van der Waals surface area contributed by atoms with Crippen LogP contribution in [0.15, 0.2) is 126 Å². The maximum Gasteiger partial charge on any atom is 0.224 e. The number of thioether (sulfide) groups is 1. The van der Waals surface area contributed by atoms with Gasteiger partial charge in [-0.2, -0.15) is 0 Å². The van der Waals surface area contributed by atoms with Gasteiger partial charge in [0, 0.05) is 42.0 Å². The van der Waals surface area contributed by atoms with Gasteiger partial charge in [-0.3, -0.25) is 9.59 Å². The summed E-state index contributed by atoms with van der Waals surface area (Å²) in [7, 11) is 1.68. The molecule has 5 aromatic rings. The van der Waals surface area contributed by atoms with Crippen LogP contribution >= 0.6 is 11.8 Å². The molecule has 9 nitrogen and oxygen atoms in total. The molecule has 6 rings (SSSR count). The molecule has 1 aliphatic heterocycles. The molecular weight excluding hydrogens is 687 g/mol. The number of methoxy groups -OCH3 is 1. The number of carbonyl (C=O) groups is 2. The highest BCUT2D eigenvalue weighted by molar-refractivity contribution is 7.99. The molecule has 0 aliphatic carbocycles. The van der Waals surface area contributed by atoms with E-state index >= 15 is 0 Å². The van der Waals surface area contributed by atoms with Crippen molar-refractivity contribution in [2.45, 2.75) is 62.2 Å². The number of hydrogen-bond donors (Lipinski definition) is 4. The van der Waals surface area contributed by atoms with E-state index in [0.29, 0.717) is 30.8 Å². The van der Waals surface area contributed by atoms with Gasteiger partial charge in [0.15, 0.2) is 6.29 Å². The second kappa shape index (κ2) is 18.6. The minimum absolute atomic E-state index is 0.00635. The molecule has 53 heavy (non-hydrogen) atoms. The van der Waals surface area contributed by atoms with Crippen LogP contribution in [0.5, 0.6) is 5.75 Å². The van der Waals surface area contributed by atoms with Crippen LogP contribution in [0.2, 0.25) is 0 Å². The molecule has 1 fully saturated rings. The van der Waals surface area contributed by atoms with Crippen LogP contribution in [0, 0.1) is 0 Å². The molecule has 5 aromatic carbocycles. The van der Waals surface area contributed by atoms with Gasteiger partial charge in [0.05, 0.1) is 37.3 Å². The van der Waals surface area contributed by atoms with Crippen molar-refractivity contribution in [3.63, 3.8) is 0 Å². The number of rotatable bonds is 15. The SMILES string of the molecule is COc1ccccc1SC[C@@H]1C[C@H](c2ccc(CO)cc2)O[C@H](c2ccc(-c3cccc(CNC(=O)CCCC(=O)Nc4ccccc4N)c3)cc2)O1. The number of hydrogen-bond acceptors (Lipinski definition) is 8. The first-order valence-corrected chi connectivity index (χ1v) is 18.7. The van der Waals surface area contributed by atoms with Gasteiger partial charge in [0.2, 0.25) is 11.8 Å². The van der Waals surface area contributed by atoms with Crippen LogP contribution in [0.3, 0.4) is 0 Å². The average Bonchev–Trinajstić information content (AvgIpc) is 3.20. The van der Waals surface area contributed by atoms with Gasteiger partial charge in [-0.05, 0) is 64.6 Å². The van der Waals surface area contributed by atoms with Crippen molar-refractivity contribution in [3.05, 3.63) is 144 Å². The fourth-order valence-corrected chi connectivity index (χ4v) is 7.21. The van der Waals surface area contributed by atoms with Crippen molar-refractivity contribution in [1.82, 2.24) is 5.32 Å². The minimum Gasteiger partial charge on any atom is -0.496 e. The molecule has 0 aromatic heterocycles. The Morgan fingerprint density at radius 2 is 1.55 bits per heavy atom. The van der Waals surface area contributed by atoms with E-state index < -0.39 is 6.29 Å². The Bertz CT molecular complexity index is 1970. The summed E-state index contributed by atoms with van der Waals surface area (Å²) in [5.74, 6) is 1.28. The number of benzene rings is 5. The van der Waals surface area contributed by atoms with Crippen molar-refractivity contribution in [2.75, 3.05) is 23.9 Å². The zero-order chi connectivity index (χ0) is 37.0. The van der Waals surface area contributed by atoms with Crippen molar-refractivity contribution < 1.29 is 28.9 Å². The van der Waals surface area contributed by atoms with Gasteiger partial charge in [-0.1, -0.05) is 91.0 Å². The molecule has 3 atom stereocenters. The Morgan fingerprint density at radius 3 is 2.32 bits per heavy atom. The first-order valence-electron chi connectivity index (χ1n) is 17.7. The number of ether oxygens (including phenoxy) is 3. The van der Waals surface area contributed by atoms with Crippen LogP contribution < -0.4 is 21.1 Å². The second-order valence-corrected chi connectivity index (χ2v) is 14.0. The van der Waals surface area contributed by atoms with Crippen molar-refractivity contribution in [1.29, 1.82) is 0 Å². The summed E-state index contributed by atoms with van der Waals surface area (Å²) in [6, 6.07) is 39.3. The topological polar surface area (TPSA) is 132 Å². The van der Waals surface area contributed by atoms with E-state index in [0.717, 1.165) is 49.8 Å². The third kappa shape index (κ3) is 10.5. The maximum absolute atomic E-state index is 12.6. The summed E-state index contributed by atoms with van der Waals surface area (Å²) in [6.45, 7) is 0.379. The van der Waals surface area contributed by atoms with Gasteiger partial charge in [0.1, 0.15) is 5.75 Å². The van der Waals surface area contributed by atoms with Gasteiger partial charge in [-0.15, -0.1) is 11.8 Å². The molecule has 2 amide bonds. The van der Waals surface area contributed by atoms with E-state index in [1.165, 1.54) is 0 Å². The molecule has 0 saturated carbocycles. The highest BCUT2D eigenvalue weighted by Crippen LogP contribution is 2.41. The minimum atomic E-state index is -0.562. The lowest BCUT2D eigenvalue weighted by Gasteiger charge is -2.36. The fraction of sp³-hybridized carbons (Fsp3) is 0.256. The van der Waals surface area contributed by atoms with E-state index in [2.05, 4.69) is 34.9 Å². The summed E-state index contributed by atoms with van der Waals surface area (Å²) in [5, 5.41) is 15.3. The molecule has 0 radical (unpaired) electrons. The van der Waals surface area contributed by atoms with Crippen LogP contribution in [0.25, 0.3) is 11.1 Å². The van der Waals surface area contributed by atoms with Crippen LogP contribution in [0.1, 0.15) is 60.3 Å². The molecule has 1 saturated heterocycles. The van der Waals surface area contributed by atoms with E-state index in [4.69, 9.17) is 19.9 Å². The smallest absolute Gasteiger partial charge is 0.224 e. The van der Waals surface area contributed by atoms with Gasteiger partial charge in [-0.25, -0.2) is 0 Å². The number of nitrogens with two attached hydrogens (primary N) is 1. The standard InChI is InChI=1S/C43H45N3O6S/c1-50-38-12-4-5-13-40(38)53-28-35-25-39(32-18-16-29(27-47)17-19-32)52-43(51-35)33-22-20-31(21-23-33)34-9-6-8-30(24-34)26-45-41(48)14-7-15-42(49)46-37-11-3-2-10-36(37)44/h2-6,8-13,16-24,35,39,43,47H,7,14-15,25-28,44H2,1H3,(H,45,48)(H,46,49)/t35-,39+,43+/m0/s1. The first kappa shape index (κ1) is 37.6. The normalized spacial score (nSPS) is 16.8. The van der Waals surface area contributed by atoms with Crippen LogP contribution in [0.4, 0.5) is 11.4 Å². The Balaban J connectivity index is 1.05. The zero-order valence-corrected chi connectivity index (χ0v) is 30.5. The molecule has 5 N–H and O–H groups in total. The number of nitrogen functional groups attached to an aromatic ring is 1. The highest BCUT2D eigenvalue weighted by Gasteiger charge is 2.32. The van der Waals surface area contributed by atoms with E-state index in [1.54, 1.807) is 37.1 Å². The summed E-state index contributed by atoms with van der Waals surface area (Å²) >= 11 is 1.71. The monoisotopic (exact) mass is 731 g/mol. The predicted molar refractivity (Wildman–Crippen MR) is 209 cm³/mol. The largest absolute Gasteiger partial charge is 0.496 e.